The molecular formula is C16H20O4. The Balaban J connectivity index is 1.70. The van der Waals surface area contributed by atoms with E-state index in [0.717, 1.165) is 0 Å². The van der Waals surface area contributed by atoms with Crippen LogP contribution in [0.2, 0.25) is 0 Å². The molecule has 0 atom stereocenters. The summed E-state index contributed by atoms with van der Waals surface area (Å²) in [5, 5.41) is 0. The molecule has 0 saturated carbocycles. The first-order valence-electron chi connectivity index (χ1n) is 6.97. The number of ether oxygens (including phenoxy) is 2. The van der Waals surface area contributed by atoms with Crippen LogP contribution < -0.4 is 0 Å². The lowest BCUT2D eigenvalue weighted by Gasteiger charge is -2.21. The molecule has 4 heteroatoms. The predicted molar refractivity (Wildman–Crippen MR) is 74.6 cm³/mol. The van der Waals surface area contributed by atoms with Crippen molar-refractivity contribution in [3.8, 4) is 0 Å². The number of benzene rings is 1. The summed E-state index contributed by atoms with van der Waals surface area (Å²) in [6.07, 6.45) is 1.62. The van der Waals surface area contributed by atoms with E-state index in [9.17, 15) is 9.59 Å². The fourth-order valence-electron chi connectivity index (χ4n) is 2.32. The normalized spacial score (nSPS) is 17.1. The van der Waals surface area contributed by atoms with Crippen molar-refractivity contribution in [2.24, 2.45) is 0 Å². The van der Waals surface area contributed by atoms with Gasteiger partial charge in [-0.25, -0.2) is 0 Å². The topological polar surface area (TPSA) is 52.6 Å². The summed E-state index contributed by atoms with van der Waals surface area (Å²) in [5.74, 6) is -0.603. The molecule has 2 rings (SSSR count). The lowest BCUT2D eigenvalue weighted by molar-refractivity contribution is -0.158. The molecule has 0 aliphatic carbocycles. The summed E-state index contributed by atoms with van der Waals surface area (Å²) in [7, 11) is 0. The number of rotatable bonds is 7. The highest BCUT2D eigenvalue weighted by Gasteiger charge is 2.33. The predicted octanol–water partition coefficient (Wildman–Crippen LogP) is 2.76. The molecule has 0 unspecified atom stereocenters. The standard InChI is InChI=1S/C16H20O4/c1-16(19-10-11-20-16)12-14(17)8-5-9-15(18)13-6-3-2-4-7-13/h2-4,6-7H,5,8-12H2,1H3. The van der Waals surface area contributed by atoms with Gasteiger partial charge in [0, 0.05) is 18.4 Å². The van der Waals surface area contributed by atoms with E-state index >= 15 is 0 Å². The first kappa shape index (κ1) is 14.9. The second kappa shape index (κ2) is 6.77. The van der Waals surface area contributed by atoms with Crippen LogP contribution in [0.1, 0.15) is 43.0 Å². The Bertz CT molecular complexity index is 461. The van der Waals surface area contributed by atoms with Gasteiger partial charge in [-0.1, -0.05) is 30.3 Å². The molecule has 0 aromatic heterocycles. The van der Waals surface area contributed by atoms with Gasteiger partial charge in [0.2, 0.25) is 0 Å². The Morgan fingerprint density at radius 2 is 1.75 bits per heavy atom. The van der Waals surface area contributed by atoms with Crippen LogP contribution in [0.4, 0.5) is 0 Å². The van der Waals surface area contributed by atoms with Gasteiger partial charge in [-0.05, 0) is 13.3 Å². The summed E-state index contributed by atoms with van der Waals surface area (Å²) >= 11 is 0. The first-order chi connectivity index (χ1) is 9.59. The second-order valence-corrected chi connectivity index (χ2v) is 5.19. The molecule has 0 spiro atoms. The smallest absolute Gasteiger partial charge is 0.172 e. The van der Waals surface area contributed by atoms with Crippen LogP contribution in [-0.4, -0.2) is 30.6 Å². The van der Waals surface area contributed by atoms with Gasteiger partial charge >= 0.3 is 0 Å². The maximum absolute atomic E-state index is 11.9. The Labute approximate surface area is 119 Å². The van der Waals surface area contributed by atoms with Crippen LogP contribution in [0.15, 0.2) is 30.3 Å². The van der Waals surface area contributed by atoms with Gasteiger partial charge in [-0.3, -0.25) is 9.59 Å². The van der Waals surface area contributed by atoms with Gasteiger partial charge in [0.05, 0.1) is 19.6 Å². The fourth-order valence-corrected chi connectivity index (χ4v) is 2.32. The quantitative estimate of drug-likeness (QED) is 0.719. The molecule has 1 saturated heterocycles. The van der Waals surface area contributed by atoms with E-state index in [4.69, 9.17) is 9.47 Å². The minimum atomic E-state index is -0.763. The molecule has 1 aliphatic rings. The zero-order valence-corrected chi connectivity index (χ0v) is 11.8. The van der Waals surface area contributed by atoms with Crippen LogP contribution in [0.25, 0.3) is 0 Å². The molecule has 0 amide bonds. The van der Waals surface area contributed by atoms with E-state index in [1.54, 1.807) is 19.1 Å². The van der Waals surface area contributed by atoms with Crippen molar-refractivity contribution in [1.82, 2.24) is 0 Å². The SMILES string of the molecule is CC1(CC(=O)CCCC(=O)c2ccccc2)OCCO1. The van der Waals surface area contributed by atoms with Crippen LogP contribution >= 0.6 is 0 Å². The van der Waals surface area contributed by atoms with Gasteiger partial charge in [0.15, 0.2) is 11.6 Å². The fraction of sp³-hybridized carbons (Fsp3) is 0.500. The minimum Gasteiger partial charge on any atom is -0.347 e. The third-order valence-electron chi connectivity index (χ3n) is 3.37. The van der Waals surface area contributed by atoms with Gasteiger partial charge < -0.3 is 9.47 Å². The first-order valence-corrected chi connectivity index (χ1v) is 6.97. The number of carbonyl (C=O) groups is 2. The largest absolute Gasteiger partial charge is 0.347 e. The lowest BCUT2D eigenvalue weighted by atomic mass is 10.0. The monoisotopic (exact) mass is 276 g/mol. The van der Waals surface area contributed by atoms with Crippen molar-refractivity contribution < 1.29 is 19.1 Å². The van der Waals surface area contributed by atoms with E-state index in [2.05, 4.69) is 0 Å². The minimum absolute atomic E-state index is 0.0789. The van der Waals surface area contributed by atoms with Crippen molar-refractivity contribution in [3.05, 3.63) is 35.9 Å². The highest BCUT2D eigenvalue weighted by molar-refractivity contribution is 5.96. The molecule has 0 radical (unpaired) electrons. The summed E-state index contributed by atoms with van der Waals surface area (Å²) in [6, 6.07) is 9.15. The Hall–Kier alpha value is -1.52. The number of hydrogen-bond acceptors (Lipinski definition) is 4. The van der Waals surface area contributed by atoms with Gasteiger partial charge in [-0.2, -0.15) is 0 Å². The van der Waals surface area contributed by atoms with E-state index in [1.807, 2.05) is 18.2 Å². The molecule has 1 fully saturated rings. The Kier molecular flexibility index (Phi) is 5.04. The van der Waals surface area contributed by atoms with Crippen molar-refractivity contribution in [1.29, 1.82) is 0 Å². The molecule has 1 aromatic carbocycles. The van der Waals surface area contributed by atoms with Crippen LogP contribution in [0.5, 0.6) is 0 Å². The third-order valence-corrected chi connectivity index (χ3v) is 3.37. The summed E-state index contributed by atoms with van der Waals surface area (Å²) in [6.45, 7) is 2.86. The zero-order chi connectivity index (χ0) is 14.4. The lowest BCUT2D eigenvalue weighted by Crippen LogP contribution is -2.29. The van der Waals surface area contributed by atoms with Gasteiger partial charge in [-0.15, -0.1) is 0 Å². The maximum atomic E-state index is 11.9. The van der Waals surface area contributed by atoms with E-state index in [0.29, 0.717) is 38.0 Å². The molecule has 4 nitrogen and oxygen atoms in total. The number of Topliss-reactive ketones (excluding diaryl/α,β-unsaturated/α-hetero) is 2. The van der Waals surface area contributed by atoms with E-state index in [1.165, 1.54) is 0 Å². The van der Waals surface area contributed by atoms with Crippen LogP contribution in [0, 0.1) is 0 Å². The van der Waals surface area contributed by atoms with Crippen LogP contribution in [-0.2, 0) is 14.3 Å². The van der Waals surface area contributed by atoms with E-state index in [-0.39, 0.29) is 18.0 Å². The number of carbonyl (C=O) groups excluding carboxylic acids is 2. The molecule has 108 valence electrons. The van der Waals surface area contributed by atoms with Crippen molar-refractivity contribution >= 4 is 11.6 Å². The zero-order valence-electron chi connectivity index (χ0n) is 11.8. The third kappa shape index (κ3) is 4.25. The van der Waals surface area contributed by atoms with E-state index < -0.39 is 5.79 Å². The van der Waals surface area contributed by atoms with Crippen LogP contribution in [0.3, 0.4) is 0 Å². The molecule has 20 heavy (non-hydrogen) atoms. The van der Waals surface area contributed by atoms with Gasteiger partial charge in [0.25, 0.3) is 0 Å². The highest BCUT2D eigenvalue weighted by atomic mass is 16.7. The Morgan fingerprint density at radius 3 is 2.40 bits per heavy atom. The highest BCUT2D eigenvalue weighted by Crippen LogP contribution is 2.23. The molecule has 1 aliphatic heterocycles. The maximum Gasteiger partial charge on any atom is 0.172 e. The average Bonchev–Trinajstić information content (AvgIpc) is 2.86. The number of hydrogen-bond donors (Lipinski definition) is 0. The van der Waals surface area contributed by atoms with Crippen molar-refractivity contribution in [3.63, 3.8) is 0 Å². The molecule has 1 heterocycles. The molecule has 0 N–H and O–H groups in total. The second-order valence-electron chi connectivity index (χ2n) is 5.19. The summed E-state index contributed by atoms with van der Waals surface area (Å²) in [5.41, 5.74) is 0.703. The molecule has 1 aromatic rings. The Morgan fingerprint density at radius 1 is 1.10 bits per heavy atom. The molecule has 0 bridgehead atoms. The average molecular weight is 276 g/mol. The van der Waals surface area contributed by atoms with Crippen molar-refractivity contribution in [2.45, 2.75) is 38.4 Å². The summed E-state index contributed by atoms with van der Waals surface area (Å²) < 4.78 is 10.8. The van der Waals surface area contributed by atoms with Crippen molar-refractivity contribution in [2.75, 3.05) is 13.2 Å². The van der Waals surface area contributed by atoms with Gasteiger partial charge in [0.1, 0.15) is 5.78 Å². The summed E-state index contributed by atoms with van der Waals surface area (Å²) in [4.78, 5) is 23.7. The molecular weight excluding hydrogens is 256 g/mol. The number of ketones is 2.